The number of nitro groups is 1. The monoisotopic (exact) mass is 236 g/mol. The molecule has 0 saturated heterocycles. The molecule has 0 aliphatic heterocycles. The van der Waals surface area contributed by atoms with Crippen molar-refractivity contribution in [2.45, 2.75) is 5.54 Å². The van der Waals surface area contributed by atoms with E-state index in [0.717, 1.165) is 0 Å². The van der Waals surface area contributed by atoms with Gasteiger partial charge in [-0.25, -0.2) is 4.79 Å². The van der Waals surface area contributed by atoms with Crippen LogP contribution in [0.4, 0.5) is 0 Å². The Hall–Kier alpha value is -1.71. The maximum Gasteiger partial charge on any atom is 0.416 e. The molecule has 0 saturated carbocycles. The third-order valence-electron chi connectivity index (χ3n) is 1.71. The fourth-order valence-corrected chi connectivity index (χ4v) is 0.555. The minimum absolute atomic E-state index is 0.407. The minimum Gasteiger partial charge on any atom is -0.417 e. The lowest BCUT2D eigenvalue weighted by Crippen LogP contribution is -2.49. The lowest BCUT2D eigenvalue weighted by molar-refractivity contribution is -0.580. The summed E-state index contributed by atoms with van der Waals surface area (Å²) < 4.78 is 4.22. The fourth-order valence-electron chi connectivity index (χ4n) is 0.555. The molecule has 0 aliphatic carbocycles. The topological polar surface area (TPSA) is 150 Å². The number of H-pyrrole nitrogens is 1. The molecule has 4 N–H and O–H groups in total. The summed E-state index contributed by atoms with van der Waals surface area (Å²) in [7, 11) is 0. The van der Waals surface area contributed by atoms with Crippen LogP contribution in [0.3, 0.4) is 0 Å². The van der Waals surface area contributed by atoms with Gasteiger partial charge in [0.15, 0.2) is 0 Å². The number of aliphatic hydroxyl groups excluding tert-OH is 3. The van der Waals surface area contributed by atoms with Gasteiger partial charge in [0.2, 0.25) is 0 Å². The van der Waals surface area contributed by atoms with Crippen LogP contribution in [0.5, 0.6) is 0 Å². The van der Waals surface area contributed by atoms with Crippen molar-refractivity contribution in [3.63, 3.8) is 0 Å². The average molecular weight is 236 g/mol. The number of rotatable bonds is 4. The second-order valence-electron chi connectivity index (χ2n) is 2.81. The molecular weight excluding hydrogens is 224 g/mol. The molecule has 9 heteroatoms. The van der Waals surface area contributed by atoms with E-state index < -0.39 is 36.0 Å². The Bertz CT molecular complexity index is 329. The largest absolute Gasteiger partial charge is 0.417 e. The minimum atomic E-state index is -1.99. The van der Waals surface area contributed by atoms with Crippen LogP contribution >= 0.6 is 0 Å². The van der Waals surface area contributed by atoms with Crippen LogP contribution in [0.15, 0.2) is 21.7 Å². The van der Waals surface area contributed by atoms with E-state index in [4.69, 9.17) is 15.3 Å². The van der Waals surface area contributed by atoms with Gasteiger partial charge in [-0.3, -0.25) is 15.1 Å². The van der Waals surface area contributed by atoms with E-state index in [-0.39, 0.29) is 0 Å². The first kappa shape index (κ1) is 14.3. The van der Waals surface area contributed by atoms with Gasteiger partial charge in [-0.05, 0) is 0 Å². The molecule has 0 atom stereocenters. The van der Waals surface area contributed by atoms with E-state index in [2.05, 4.69) is 9.40 Å². The van der Waals surface area contributed by atoms with Crippen molar-refractivity contribution in [3.8, 4) is 0 Å². The van der Waals surface area contributed by atoms with E-state index in [1.165, 1.54) is 12.5 Å². The lowest BCUT2D eigenvalue weighted by Gasteiger charge is -2.16. The summed E-state index contributed by atoms with van der Waals surface area (Å²) in [5, 5.41) is 35.2. The highest BCUT2D eigenvalue weighted by molar-refractivity contribution is 4.75. The van der Waals surface area contributed by atoms with Crippen LogP contribution in [-0.2, 0) is 0 Å². The number of aliphatic hydroxyl groups is 3. The first-order chi connectivity index (χ1) is 7.52. The Morgan fingerprint density at radius 1 is 1.38 bits per heavy atom. The van der Waals surface area contributed by atoms with Crippen LogP contribution in [-0.4, -0.2) is 50.6 Å². The number of nitrogens with zero attached hydrogens (tertiary/aromatic N) is 1. The maximum atomic E-state index is 10.0. The Balaban J connectivity index is 0.000000315. The molecule has 92 valence electrons. The molecule has 0 aromatic carbocycles. The van der Waals surface area contributed by atoms with Gasteiger partial charge in [-0.1, -0.05) is 0 Å². The zero-order chi connectivity index (χ0) is 12.6. The Morgan fingerprint density at radius 2 is 1.88 bits per heavy atom. The fraction of sp³-hybridized carbons (Fsp3) is 0.571. The van der Waals surface area contributed by atoms with Gasteiger partial charge in [-0.15, -0.1) is 0 Å². The number of hydrogen-bond donors (Lipinski definition) is 4. The highest BCUT2D eigenvalue weighted by Gasteiger charge is 2.41. The van der Waals surface area contributed by atoms with Crippen molar-refractivity contribution in [1.82, 2.24) is 4.98 Å². The molecule has 0 amide bonds. The molecule has 1 rings (SSSR count). The second-order valence-corrected chi connectivity index (χ2v) is 2.81. The van der Waals surface area contributed by atoms with Gasteiger partial charge in [0.05, 0.1) is 0 Å². The van der Waals surface area contributed by atoms with Crippen molar-refractivity contribution in [3.05, 3.63) is 33.1 Å². The van der Waals surface area contributed by atoms with E-state index in [9.17, 15) is 14.9 Å². The Morgan fingerprint density at radius 3 is 1.94 bits per heavy atom. The van der Waals surface area contributed by atoms with Crippen molar-refractivity contribution in [1.29, 1.82) is 0 Å². The molecular formula is C7H12N2O7. The summed E-state index contributed by atoms with van der Waals surface area (Å²) in [6.45, 7) is -2.60. The molecule has 0 spiro atoms. The summed E-state index contributed by atoms with van der Waals surface area (Å²) >= 11 is 0. The molecule has 0 bridgehead atoms. The van der Waals surface area contributed by atoms with Crippen molar-refractivity contribution >= 4 is 0 Å². The molecule has 1 heterocycles. The van der Waals surface area contributed by atoms with Crippen molar-refractivity contribution in [2.24, 2.45) is 0 Å². The van der Waals surface area contributed by atoms with Crippen molar-refractivity contribution < 1.29 is 24.7 Å². The van der Waals surface area contributed by atoms with Crippen LogP contribution in [0, 0.1) is 10.1 Å². The molecule has 0 unspecified atom stereocenters. The SMILES string of the molecule is O=[N+]([O-])C(CO)(CO)CO.O=c1[nH]cco1. The zero-order valence-electron chi connectivity index (χ0n) is 8.20. The molecule has 9 nitrogen and oxygen atoms in total. The predicted octanol–water partition coefficient (Wildman–Crippen LogP) is -2.05. The van der Waals surface area contributed by atoms with Crippen LogP contribution in [0.25, 0.3) is 0 Å². The van der Waals surface area contributed by atoms with Gasteiger partial charge in [-0.2, -0.15) is 0 Å². The molecule has 1 aromatic rings. The molecule has 0 radical (unpaired) electrons. The third-order valence-corrected chi connectivity index (χ3v) is 1.71. The van der Waals surface area contributed by atoms with Crippen molar-refractivity contribution in [2.75, 3.05) is 19.8 Å². The normalized spacial score (nSPS) is 10.4. The van der Waals surface area contributed by atoms with Gasteiger partial charge in [0, 0.05) is 11.1 Å². The molecule has 0 aliphatic rings. The standard InChI is InChI=1S/C4H9NO5.C3H3NO2/c6-1-4(2-7,3-8)5(9)10;5-3-4-1-2-6-3/h6-8H,1-3H2;1-2H,(H,4,5). The summed E-state index contributed by atoms with van der Waals surface area (Å²) in [5.41, 5.74) is -1.99. The quantitative estimate of drug-likeness (QED) is 0.347. The van der Waals surface area contributed by atoms with Gasteiger partial charge in [0.1, 0.15) is 26.1 Å². The number of aromatic nitrogens is 1. The number of nitrogens with one attached hydrogen (secondary N) is 1. The Kier molecular flexibility index (Phi) is 6.00. The maximum absolute atomic E-state index is 10.0. The highest BCUT2D eigenvalue weighted by Crippen LogP contribution is 2.05. The van der Waals surface area contributed by atoms with Crippen LogP contribution in [0.1, 0.15) is 0 Å². The second kappa shape index (κ2) is 6.71. The molecule has 0 fully saturated rings. The summed E-state index contributed by atoms with van der Waals surface area (Å²) in [5.74, 6) is -0.407. The number of hydrogen-bond acceptors (Lipinski definition) is 7. The molecule has 1 aromatic heterocycles. The number of oxazole rings is 1. The zero-order valence-corrected chi connectivity index (χ0v) is 8.20. The van der Waals surface area contributed by atoms with E-state index >= 15 is 0 Å². The van der Waals surface area contributed by atoms with Gasteiger partial charge in [0.25, 0.3) is 5.54 Å². The van der Waals surface area contributed by atoms with Crippen LogP contribution < -0.4 is 5.76 Å². The lowest BCUT2D eigenvalue weighted by atomic mass is 10.1. The smallest absolute Gasteiger partial charge is 0.416 e. The third kappa shape index (κ3) is 3.81. The highest BCUT2D eigenvalue weighted by atomic mass is 16.6. The van der Waals surface area contributed by atoms with E-state index in [1.807, 2.05) is 0 Å². The summed E-state index contributed by atoms with van der Waals surface area (Å²) in [6, 6.07) is 0. The van der Waals surface area contributed by atoms with Crippen LogP contribution in [0.2, 0.25) is 0 Å². The van der Waals surface area contributed by atoms with Gasteiger partial charge < -0.3 is 19.7 Å². The number of aromatic amines is 1. The van der Waals surface area contributed by atoms with Gasteiger partial charge >= 0.3 is 5.76 Å². The first-order valence-corrected chi connectivity index (χ1v) is 4.11. The molecule has 16 heavy (non-hydrogen) atoms. The summed E-state index contributed by atoms with van der Waals surface area (Å²) in [6.07, 6.45) is 2.73. The average Bonchev–Trinajstić information content (AvgIpc) is 2.73. The Labute approximate surface area is 89.1 Å². The predicted molar refractivity (Wildman–Crippen MR) is 50.3 cm³/mol. The summed E-state index contributed by atoms with van der Waals surface area (Å²) in [4.78, 5) is 21.3. The first-order valence-electron chi connectivity index (χ1n) is 4.11. The van der Waals surface area contributed by atoms with E-state index in [0.29, 0.717) is 0 Å². The van der Waals surface area contributed by atoms with E-state index in [1.54, 1.807) is 0 Å².